The molecule has 0 heterocycles. The van der Waals surface area contributed by atoms with Gasteiger partial charge >= 0.3 is 0 Å². The van der Waals surface area contributed by atoms with Gasteiger partial charge in [0.05, 0.1) is 0 Å². The van der Waals surface area contributed by atoms with Gasteiger partial charge in [-0.05, 0) is 31.1 Å². The minimum atomic E-state index is -0.175. The van der Waals surface area contributed by atoms with Gasteiger partial charge in [-0.25, -0.2) is 0 Å². The third-order valence-electron chi connectivity index (χ3n) is 3.87. The number of unbranched alkanes of at least 4 members (excludes halogenated alkanes) is 5. The number of benzene rings is 2. The van der Waals surface area contributed by atoms with E-state index in [1.54, 1.807) is 0 Å². The molecule has 0 N–H and O–H groups in total. The quantitative estimate of drug-likeness (QED) is 0.343. The Balaban J connectivity index is 0.00000242. The average molecular weight is 309 g/mol. The molecule has 2 heteroatoms. The number of hydrogen-bond acceptors (Lipinski definition) is 0. The number of hydrogen-bond donors (Lipinski definition) is 0. The molecule has 0 saturated carbocycles. The van der Waals surface area contributed by atoms with Gasteiger partial charge in [0.2, 0.25) is 0 Å². The van der Waals surface area contributed by atoms with Gasteiger partial charge in [-0.3, -0.25) is 0 Å². The molecule has 22 heavy (non-hydrogen) atoms. The third kappa shape index (κ3) is 6.36. The first-order valence-corrected chi connectivity index (χ1v) is 9.82. The maximum absolute atomic E-state index is 2.30. The Morgan fingerprint density at radius 1 is 0.636 bits per heavy atom. The second-order valence-corrected chi connectivity index (χ2v) is 7.93. The lowest BCUT2D eigenvalue weighted by Crippen LogP contribution is -2.13. The summed E-state index contributed by atoms with van der Waals surface area (Å²) in [4.78, 5) is 0. The summed E-state index contributed by atoms with van der Waals surface area (Å²) in [5.41, 5.74) is 0. The van der Waals surface area contributed by atoms with Gasteiger partial charge in [0.25, 0.3) is 0 Å². The minimum Gasteiger partial charge on any atom is -0.0654 e. The molecule has 2 aromatic rings. The molecule has 0 spiro atoms. The van der Waals surface area contributed by atoms with E-state index in [0.717, 1.165) is 0 Å². The lowest BCUT2D eigenvalue weighted by atomic mass is 10.1. The van der Waals surface area contributed by atoms with E-state index < -0.39 is 0 Å². The van der Waals surface area contributed by atoms with Crippen LogP contribution in [0, 0.1) is 0 Å². The first kappa shape index (κ1) is 19.0. The highest BCUT2D eigenvalue weighted by Gasteiger charge is 2.12. The summed E-state index contributed by atoms with van der Waals surface area (Å²) in [6.45, 7) is 2.28. The highest BCUT2D eigenvalue weighted by molar-refractivity contribution is 7.73. The second-order valence-electron chi connectivity index (χ2n) is 5.59. The molecule has 0 aromatic heterocycles. The largest absolute Gasteiger partial charge is 0.0654 e. The Labute approximate surface area is 139 Å². The molecule has 0 aliphatic rings. The van der Waals surface area contributed by atoms with E-state index in [4.69, 9.17) is 0 Å². The van der Waals surface area contributed by atoms with Gasteiger partial charge in [-0.2, -0.15) is 0 Å². The molecule has 2 rings (SSSR count). The van der Waals surface area contributed by atoms with Crippen molar-refractivity contribution in [2.75, 3.05) is 6.16 Å². The molecular formula is C20H27BP. The molecule has 0 fully saturated rings. The highest BCUT2D eigenvalue weighted by atomic mass is 31.1. The SMILES string of the molecule is CCCCCCCCP(c1ccccc1)c1ccccc1.[B]. The predicted molar refractivity (Wildman–Crippen MR) is 103 cm³/mol. The van der Waals surface area contributed by atoms with Gasteiger partial charge in [0.15, 0.2) is 0 Å². The Bertz CT molecular complexity index is 444. The third-order valence-corrected chi connectivity index (χ3v) is 6.48. The van der Waals surface area contributed by atoms with Crippen molar-refractivity contribution >= 4 is 26.9 Å². The average Bonchev–Trinajstić information content (AvgIpc) is 2.56. The summed E-state index contributed by atoms with van der Waals surface area (Å²) < 4.78 is 0. The second kappa shape index (κ2) is 11.5. The fraction of sp³-hybridized carbons (Fsp3) is 0.400. The highest BCUT2D eigenvalue weighted by Crippen LogP contribution is 2.34. The van der Waals surface area contributed by atoms with Gasteiger partial charge in [0, 0.05) is 8.41 Å². The molecule has 0 aliphatic heterocycles. The first-order valence-electron chi connectivity index (χ1n) is 8.29. The van der Waals surface area contributed by atoms with Gasteiger partial charge in [-0.1, -0.05) is 99.7 Å². The molecule has 0 bridgehead atoms. The van der Waals surface area contributed by atoms with Gasteiger partial charge in [0.1, 0.15) is 0 Å². The van der Waals surface area contributed by atoms with Crippen molar-refractivity contribution in [2.45, 2.75) is 45.4 Å². The molecular weight excluding hydrogens is 282 g/mol. The Kier molecular flexibility index (Phi) is 9.92. The smallest absolute Gasteiger partial charge is 0 e. The molecule has 0 aliphatic carbocycles. The summed E-state index contributed by atoms with van der Waals surface area (Å²) in [5.74, 6) is 0. The summed E-state index contributed by atoms with van der Waals surface area (Å²) in [5, 5.41) is 3.04. The standard InChI is InChI=1S/C20H27P.B/c1-2-3-4-5-6-13-18-21(19-14-9-7-10-15-19)20-16-11-8-12-17-20;/h7-12,14-17H,2-6,13,18H2,1H3;. The van der Waals surface area contributed by atoms with Crippen molar-refractivity contribution in [3.8, 4) is 0 Å². The molecule has 2 aromatic carbocycles. The Hall–Kier alpha value is -1.07. The number of rotatable bonds is 9. The van der Waals surface area contributed by atoms with Crippen LogP contribution in [0.2, 0.25) is 0 Å². The van der Waals surface area contributed by atoms with Gasteiger partial charge in [-0.15, -0.1) is 0 Å². The fourth-order valence-corrected chi connectivity index (χ4v) is 5.09. The topological polar surface area (TPSA) is 0 Å². The zero-order valence-electron chi connectivity index (χ0n) is 13.7. The summed E-state index contributed by atoms with van der Waals surface area (Å²) in [6, 6.07) is 22.1. The van der Waals surface area contributed by atoms with E-state index in [2.05, 4.69) is 67.6 Å². The maximum Gasteiger partial charge on any atom is 0 e. The zero-order valence-corrected chi connectivity index (χ0v) is 14.6. The van der Waals surface area contributed by atoms with Crippen LogP contribution < -0.4 is 10.6 Å². The molecule has 0 amide bonds. The van der Waals surface area contributed by atoms with Crippen LogP contribution in [0.25, 0.3) is 0 Å². The van der Waals surface area contributed by atoms with Crippen molar-refractivity contribution in [1.82, 2.24) is 0 Å². The van der Waals surface area contributed by atoms with Crippen LogP contribution in [0.15, 0.2) is 60.7 Å². The van der Waals surface area contributed by atoms with Crippen LogP contribution >= 0.6 is 7.92 Å². The van der Waals surface area contributed by atoms with Crippen LogP contribution in [0.3, 0.4) is 0 Å². The van der Waals surface area contributed by atoms with Crippen LogP contribution in [0.1, 0.15) is 45.4 Å². The maximum atomic E-state index is 2.30. The first-order chi connectivity index (χ1) is 10.4. The molecule has 0 nitrogen and oxygen atoms in total. The Morgan fingerprint density at radius 3 is 1.59 bits per heavy atom. The lowest BCUT2D eigenvalue weighted by molar-refractivity contribution is 0.626. The van der Waals surface area contributed by atoms with Crippen molar-refractivity contribution < 1.29 is 0 Å². The predicted octanol–water partition coefficient (Wildman–Crippen LogP) is 5.10. The molecule has 0 unspecified atom stereocenters. The molecule has 115 valence electrons. The van der Waals surface area contributed by atoms with E-state index in [9.17, 15) is 0 Å². The van der Waals surface area contributed by atoms with E-state index in [-0.39, 0.29) is 16.3 Å². The molecule has 0 saturated heterocycles. The van der Waals surface area contributed by atoms with E-state index in [0.29, 0.717) is 0 Å². The van der Waals surface area contributed by atoms with Crippen LogP contribution in [0.4, 0.5) is 0 Å². The molecule has 0 atom stereocenters. The fourth-order valence-electron chi connectivity index (χ4n) is 2.67. The normalized spacial score (nSPS) is 10.5. The van der Waals surface area contributed by atoms with Crippen molar-refractivity contribution in [3.63, 3.8) is 0 Å². The van der Waals surface area contributed by atoms with Crippen LogP contribution in [0.5, 0.6) is 0 Å². The summed E-state index contributed by atoms with van der Waals surface area (Å²) >= 11 is 0. The van der Waals surface area contributed by atoms with Crippen molar-refractivity contribution in [3.05, 3.63) is 60.7 Å². The molecule has 3 radical (unpaired) electrons. The van der Waals surface area contributed by atoms with Crippen LogP contribution in [-0.4, -0.2) is 14.6 Å². The zero-order chi connectivity index (χ0) is 14.8. The summed E-state index contributed by atoms with van der Waals surface area (Å²) in [6.07, 6.45) is 9.62. The van der Waals surface area contributed by atoms with Gasteiger partial charge < -0.3 is 0 Å². The summed E-state index contributed by atoms with van der Waals surface area (Å²) in [7, 11) is -0.175. The minimum absolute atomic E-state index is 0. The monoisotopic (exact) mass is 309 g/mol. The lowest BCUT2D eigenvalue weighted by Gasteiger charge is -2.18. The van der Waals surface area contributed by atoms with Crippen molar-refractivity contribution in [1.29, 1.82) is 0 Å². The van der Waals surface area contributed by atoms with E-state index in [1.807, 2.05) is 0 Å². The van der Waals surface area contributed by atoms with E-state index >= 15 is 0 Å². The van der Waals surface area contributed by atoms with Crippen LogP contribution in [-0.2, 0) is 0 Å². The Morgan fingerprint density at radius 2 is 1.09 bits per heavy atom. The van der Waals surface area contributed by atoms with Crippen molar-refractivity contribution in [2.24, 2.45) is 0 Å². The van der Waals surface area contributed by atoms with E-state index in [1.165, 1.54) is 55.3 Å².